The van der Waals surface area contributed by atoms with E-state index in [0.29, 0.717) is 21.5 Å². The van der Waals surface area contributed by atoms with Gasteiger partial charge in [0, 0.05) is 17.7 Å². The average molecular weight is 451 g/mol. The van der Waals surface area contributed by atoms with E-state index in [-0.39, 0.29) is 17.9 Å². The molecule has 0 aliphatic carbocycles. The molecular weight excluding hydrogens is 436 g/mol. The minimum absolute atomic E-state index is 0.0975. The van der Waals surface area contributed by atoms with Crippen molar-refractivity contribution in [1.29, 1.82) is 0 Å². The van der Waals surface area contributed by atoms with E-state index in [1.54, 1.807) is 12.1 Å². The number of hydrogen-bond donors (Lipinski definition) is 2. The Bertz CT molecular complexity index is 947. The first-order valence-corrected chi connectivity index (χ1v) is 8.47. The second-order valence-corrected chi connectivity index (χ2v) is 6.15. The minimum Gasteiger partial charge on any atom is -0.493 e. The molecule has 2 aromatic rings. The van der Waals surface area contributed by atoms with E-state index in [0.717, 1.165) is 6.07 Å². The third-order valence-corrected chi connectivity index (χ3v) is 3.90. The summed E-state index contributed by atoms with van der Waals surface area (Å²) in [5.41, 5.74) is 7.80. The maximum Gasteiger partial charge on any atom is 0.271 e. The predicted octanol–water partition coefficient (Wildman–Crippen LogP) is 1.99. The molecule has 146 valence electrons. The van der Waals surface area contributed by atoms with Gasteiger partial charge in [-0.2, -0.15) is 5.10 Å². The van der Waals surface area contributed by atoms with Crippen molar-refractivity contribution >= 4 is 39.6 Å². The van der Waals surface area contributed by atoms with Crippen LogP contribution in [0.2, 0.25) is 0 Å². The monoisotopic (exact) mass is 450 g/mol. The van der Waals surface area contributed by atoms with Crippen molar-refractivity contribution in [3.63, 3.8) is 0 Å². The molecule has 2 aromatic carbocycles. The number of benzene rings is 2. The van der Waals surface area contributed by atoms with Crippen LogP contribution in [0, 0.1) is 10.1 Å². The van der Waals surface area contributed by atoms with E-state index in [1.165, 1.54) is 31.5 Å². The predicted molar refractivity (Wildman–Crippen MR) is 104 cm³/mol. The number of nitrogens with one attached hydrogen (secondary N) is 1. The molecule has 0 bridgehead atoms. The van der Waals surface area contributed by atoms with Gasteiger partial charge in [0.1, 0.15) is 0 Å². The molecule has 0 fully saturated rings. The first kappa shape index (κ1) is 20.8. The van der Waals surface area contributed by atoms with Gasteiger partial charge in [-0.25, -0.2) is 5.43 Å². The van der Waals surface area contributed by atoms with Crippen molar-refractivity contribution in [2.24, 2.45) is 10.8 Å². The van der Waals surface area contributed by atoms with Crippen LogP contribution in [0.25, 0.3) is 0 Å². The van der Waals surface area contributed by atoms with Crippen LogP contribution in [0.4, 0.5) is 5.69 Å². The number of rotatable bonds is 8. The number of halogens is 1. The Morgan fingerprint density at radius 1 is 1.36 bits per heavy atom. The molecule has 0 aliphatic rings. The first-order chi connectivity index (χ1) is 13.3. The number of nitro groups is 1. The summed E-state index contributed by atoms with van der Waals surface area (Å²) in [4.78, 5) is 33.1. The molecule has 0 unspecified atom stereocenters. The number of nitrogens with two attached hydrogens (primary N) is 1. The lowest BCUT2D eigenvalue weighted by atomic mass is 10.2. The molecule has 0 saturated heterocycles. The lowest BCUT2D eigenvalue weighted by Crippen LogP contribution is -2.20. The Kier molecular flexibility index (Phi) is 7.04. The number of hydrogen-bond acceptors (Lipinski definition) is 7. The molecule has 0 atom stereocenters. The van der Waals surface area contributed by atoms with Crippen LogP contribution in [0.3, 0.4) is 0 Å². The molecule has 0 saturated carbocycles. The van der Waals surface area contributed by atoms with Crippen molar-refractivity contribution < 1.29 is 24.0 Å². The fraction of sp³-hybridized carbons (Fsp3) is 0.118. The Morgan fingerprint density at radius 2 is 2.11 bits per heavy atom. The summed E-state index contributed by atoms with van der Waals surface area (Å²) in [5, 5.41) is 14.6. The van der Waals surface area contributed by atoms with Crippen molar-refractivity contribution in [2.45, 2.75) is 0 Å². The summed E-state index contributed by atoms with van der Waals surface area (Å²) >= 11 is 3.30. The Labute approximate surface area is 167 Å². The highest BCUT2D eigenvalue weighted by Gasteiger charge is 2.13. The molecular formula is C17H15BrN4O6. The smallest absolute Gasteiger partial charge is 0.271 e. The SMILES string of the molecule is COc1cc(/C=N/NC(=O)c2cccc([N+](=O)[O-])c2)cc(Br)c1OCC(N)=O. The van der Waals surface area contributed by atoms with Crippen LogP contribution in [0.5, 0.6) is 11.5 Å². The molecule has 0 spiro atoms. The van der Waals surface area contributed by atoms with Gasteiger partial charge in [-0.05, 0) is 39.7 Å². The fourth-order valence-electron chi connectivity index (χ4n) is 2.09. The van der Waals surface area contributed by atoms with Crippen molar-refractivity contribution in [2.75, 3.05) is 13.7 Å². The summed E-state index contributed by atoms with van der Waals surface area (Å²) in [7, 11) is 1.42. The van der Waals surface area contributed by atoms with Crippen molar-refractivity contribution in [1.82, 2.24) is 5.43 Å². The maximum atomic E-state index is 12.1. The highest BCUT2D eigenvalue weighted by atomic mass is 79.9. The van der Waals surface area contributed by atoms with Crippen molar-refractivity contribution in [3.8, 4) is 11.5 Å². The van der Waals surface area contributed by atoms with E-state index < -0.39 is 16.7 Å². The summed E-state index contributed by atoms with van der Waals surface area (Å²) in [6, 6.07) is 8.47. The van der Waals surface area contributed by atoms with Crippen LogP contribution in [-0.2, 0) is 4.79 Å². The maximum absolute atomic E-state index is 12.1. The lowest BCUT2D eigenvalue weighted by molar-refractivity contribution is -0.384. The molecule has 28 heavy (non-hydrogen) atoms. The molecule has 3 N–H and O–H groups in total. The second-order valence-electron chi connectivity index (χ2n) is 5.30. The number of nitrogens with zero attached hydrogens (tertiary/aromatic N) is 2. The molecule has 0 heterocycles. The molecule has 2 amide bonds. The third kappa shape index (κ3) is 5.51. The standard InChI is InChI=1S/C17H15BrN4O6/c1-27-14-6-10(5-13(18)16(14)28-9-15(19)23)8-20-21-17(24)11-3-2-4-12(7-11)22(25)26/h2-8H,9H2,1H3,(H2,19,23)(H,21,24)/b20-8+. The van der Waals surface area contributed by atoms with Gasteiger partial charge in [0.05, 0.1) is 22.7 Å². The van der Waals surface area contributed by atoms with Gasteiger partial charge in [-0.1, -0.05) is 6.07 Å². The van der Waals surface area contributed by atoms with Crippen LogP contribution in [0.15, 0.2) is 46.0 Å². The minimum atomic E-state index is -0.636. The largest absolute Gasteiger partial charge is 0.493 e. The van der Waals surface area contributed by atoms with Crippen LogP contribution in [-0.4, -0.2) is 36.7 Å². The Hall–Kier alpha value is -3.47. The van der Waals surface area contributed by atoms with Gasteiger partial charge in [-0.15, -0.1) is 0 Å². The number of primary amides is 1. The van der Waals surface area contributed by atoms with Crippen LogP contribution in [0.1, 0.15) is 15.9 Å². The number of carbonyl (C=O) groups is 2. The van der Waals surface area contributed by atoms with Gasteiger partial charge in [-0.3, -0.25) is 19.7 Å². The van der Waals surface area contributed by atoms with Gasteiger partial charge >= 0.3 is 0 Å². The zero-order valence-corrected chi connectivity index (χ0v) is 16.1. The number of non-ortho nitro benzene ring substituents is 1. The van der Waals surface area contributed by atoms with E-state index in [1.807, 2.05) is 0 Å². The summed E-state index contributed by atoms with van der Waals surface area (Å²) in [6.45, 7) is -0.318. The number of ether oxygens (including phenoxy) is 2. The number of nitro benzene ring substituents is 1. The molecule has 10 nitrogen and oxygen atoms in total. The van der Waals surface area contributed by atoms with E-state index >= 15 is 0 Å². The zero-order chi connectivity index (χ0) is 20.7. The molecule has 11 heteroatoms. The second kappa shape index (κ2) is 9.46. The fourth-order valence-corrected chi connectivity index (χ4v) is 2.66. The van der Waals surface area contributed by atoms with Crippen molar-refractivity contribution in [3.05, 3.63) is 62.1 Å². The quantitative estimate of drug-likeness (QED) is 0.357. The first-order valence-electron chi connectivity index (χ1n) is 7.68. The van der Waals surface area contributed by atoms with Gasteiger partial charge < -0.3 is 15.2 Å². The van der Waals surface area contributed by atoms with E-state index in [9.17, 15) is 19.7 Å². The highest BCUT2D eigenvalue weighted by Crippen LogP contribution is 2.36. The molecule has 0 aromatic heterocycles. The van der Waals surface area contributed by atoms with Crippen LogP contribution < -0.4 is 20.6 Å². The summed E-state index contributed by atoms with van der Waals surface area (Å²) in [5.74, 6) is -0.628. The van der Waals surface area contributed by atoms with Crippen LogP contribution >= 0.6 is 15.9 Å². The lowest BCUT2D eigenvalue weighted by Gasteiger charge is -2.12. The molecule has 0 aliphatic heterocycles. The zero-order valence-electron chi connectivity index (χ0n) is 14.5. The number of methoxy groups -OCH3 is 1. The van der Waals surface area contributed by atoms with Gasteiger partial charge in [0.25, 0.3) is 17.5 Å². The summed E-state index contributed by atoms with van der Waals surface area (Å²) < 4.78 is 11.0. The van der Waals surface area contributed by atoms with Gasteiger partial charge in [0.15, 0.2) is 18.1 Å². The average Bonchev–Trinajstić information content (AvgIpc) is 2.66. The third-order valence-electron chi connectivity index (χ3n) is 3.31. The van der Waals surface area contributed by atoms with Gasteiger partial charge in [0.2, 0.25) is 0 Å². The van der Waals surface area contributed by atoms with E-state index in [2.05, 4.69) is 26.5 Å². The number of hydrazone groups is 1. The molecule has 2 rings (SSSR count). The van der Waals surface area contributed by atoms with E-state index in [4.69, 9.17) is 15.2 Å². The topological polar surface area (TPSA) is 146 Å². The number of carbonyl (C=O) groups excluding carboxylic acids is 2. The molecule has 0 radical (unpaired) electrons. The highest BCUT2D eigenvalue weighted by molar-refractivity contribution is 9.10. The Balaban J connectivity index is 2.12. The summed E-state index contributed by atoms with van der Waals surface area (Å²) in [6.07, 6.45) is 1.35. The number of amides is 2. The normalized spacial score (nSPS) is 10.5. The Morgan fingerprint density at radius 3 is 2.75 bits per heavy atom.